The van der Waals surface area contributed by atoms with Gasteiger partial charge in [-0.05, 0) is 59.8 Å². The van der Waals surface area contributed by atoms with Crippen molar-refractivity contribution < 1.29 is 40.6 Å². The van der Waals surface area contributed by atoms with Gasteiger partial charge < -0.3 is 14.4 Å². The predicted octanol–water partition coefficient (Wildman–Crippen LogP) is 6.54. The Balaban J connectivity index is 1.20. The molecular weight excluding hydrogens is 622 g/mol. The molecule has 2 aliphatic heterocycles. The number of amidine groups is 1. The number of halogens is 6. The van der Waals surface area contributed by atoms with Crippen LogP contribution in [0.5, 0.6) is 11.5 Å². The number of rotatable bonds is 8. The van der Waals surface area contributed by atoms with Crippen LogP contribution in [0.2, 0.25) is 0 Å². The second-order valence-corrected chi connectivity index (χ2v) is 11.3. The first kappa shape index (κ1) is 32.4. The van der Waals surface area contributed by atoms with Crippen LogP contribution in [0.3, 0.4) is 0 Å². The number of amides is 1. The van der Waals surface area contributed by atoms with Crippen LogP contribution in [0.25, 0.3) is 6.08 Å². The summed E-state index contributed by atoms with van der Waals surface area (Å²) in [4.78, 5) is 26.1. The lowest BCUT2D eigenvalue weighted by atomic mass is 10.0. The molecule has 3 heterocycles. The van der Waals surface area contributed by atoms with Gasteiger partial charge in [-0.2, -0.15) is 31.3 Å². The summed E-state index contributed by atoms with van der Waals surface area (Å²) < 4.78 is 90.4. The van der Waals surface area contributed by atoms with Gasteiger partial charge in [0.25, 0.3) is 5.91 Å². The number of hydrogen-bond donors (Lipinski definition) is 0. The normalized spacial score (nSPS) is 17.1. The number of piperazine rings is 1. The zero-order valence-electron chi connectivity index (χ0n) is 24.0. The fourth-order valence-electron chi connectivity index (χ4n) is 4.86. The summed E-state index contributed by atoms with van der Waals surface area (Å²) in [7, 11) is 1.34. The Kier molecular flexibility index (Phi) is 9.73. The molecule has 2 aromatic carbocycles. The topological polar surface area (TPSA) is 67.3 Å². The highest BCUT2D eigenvalue weighted by Crippen LogP contribution is 2.39. The zero-order chi connectivity index (χ0) is 32.2. The molecule has 0 spiro atoms. The Labute approximate surface area is 259 Å². The molecule has 2 aliphatic rings. The summed E-state index contributed by atoms with van der Waals surface area (Å²) in [6.07, 6.45) is -5.66. The molecule has 45 heavy (non-hydrogen) atoms. The van der Waals surface area contributed by atoms with E-state index in [4.69, 9.17) is 9.47 Å². The molecule has 1 aromatic heterocycles. The third-order valence-corrected chi connectivity index (χ3v) is 8.32. The molecule has 1 amide bonds. The van der Waals surface area contributed by atoms with Gasteiger partial charge in [0.1, 0.15) is 6.61 Å². The van der Waals surface area contributed by atoms with Gasteiger partial charge in [-0.15, -0.1) is 0 Å². The zero-order valence-corrected chi connectivity index (χ0v) is 24.8. The largest absolute Gasteiger partial charge is 0.493 e. The summed E-state index contributed by atoms with van der Waals surface area (Å²) in [6, 6.07) is 11.9. The molecule has 0 saturated carbocycles. The first-order chi connectivity index (χ1) is 21.4. The van der Waals surface area contributed by atoms with Crippen LogP contribution in [0.4, 0.5) is 26.3 Å². The summed E-state index contributed by atoms with van der Waals surface area (Å²) in [6.45, 7) is 3.35. The van der Waals surface area contributed by atoms with E-state index in [1.165, 1.54) is 24.9 Å². The van der Waals surface area contributed by atoms with Crippen LogP contribution in [0.15, 0.2) is 70.7 Å². The first-order valence-corrected chi connectivity index (χ1v) is 14.7. The Morgan fingerprint density at radius 2 is 1.71 bits per heavy atom. The number of benzene rings is 2. The van der Waals surface area contributed by atoms with Gasteiger partial charge in [0.2, 0.25) is 0 Å². The summed E-state index contributed by atoms with van der Waals surface area (Å²) in [5.41, 5.74) is -1.69. The van der Waals surface area contributed by atoms with Gasteiger partial charge in [-0.1, -0.05) is 18.2 Å². The minimum Gasteiger partial charge on any atom is -0.493 e. The van der Waals surface area contributed by atoms with E-state index in [0.717, 1.165) is 50.9 Å². The Morgan fingerprint density at radius 1 is 0.933 bits per heavy atom. The van der Waals surface area contributed by atoms with Gasteiger partial charge in [0, 0.05) is 56.6 Å². The lowest BCUT2D eigenvalue weighted by Gasteiger charge is -2.35. The van der Waals surface area contributed by atoms with Crippen molar-refractivity contribution in [3.63, 3.8) is 0 Å². The maximum absolute atomic E-state index is 13.5. The van der Waals surface area contributed by atoms with Crippen LogP contribution in [-0.4, -0.2) is 65.7 Å². The van der Waals surface area contributed by atoms with Crippen LogP contribution >= 0.6 is 11.8 Å². The fourth-order valence-corrected chi connectivity index (χ4v) is 5.82. The van der Waals surface area contributed by atoms with Crippen molar-refractivity contribution in [2.75, 3.05) is 39.8 Å². The summed E-state index contributed by atoms with van der Waals surface area (Å²) >= 11 is 1.26. The molecule has 1 fully saturated rings. The maximum atomic E-state index is 13.5. The van der Waals surface area contributed by atoms with E-state index in [9.17, 15) is 31.1 Å². The second-order valence-electron chi connectivity index (χ2n) is 10.3. The molecule has 0 atom stereocenters. The van der Waals surface area contributed by atoms with E-state index in [1.807, 2.05) is 18.2 Å². The van der Waals surface area contributed by atoms with Crippen molar-refractivity contribution in [2.24, 2.45) is 4.99 Å². The van der Waals surface area contributed by atoms with E-state index in [2.05, 4.69) is 19.8 Å². The van der Waals surface area contributed by atoms with Crippen molar-refractivity contribution in [1.82, 2.24) is 14.8 Å². The molecule has 3 aromatic rings. The quantitative estimate of drug-likeness (QED) is 0.203. The average Bonchev–Trinajstić information content (AvgIpc) is 3.38. The Morgan fingerprint density at radius 3 is 2.38 bits per heavy atom. The number of hydrogen-bond acceptors (Lipinski definition) is 7. The fraction of sp³-hybridized carbons (Fsp3) is 0.323. The number of aromatic nitrogens is 1. The molecule has 14 heteroatoms. The van der Waals surface area contributed by atoms with Crippen LogP contribution < -0.4 is 9.47 Å². The van der Waals surface area contributed by atoms with Crippen molar-refractivity contribution in [3.8, 4) is 11.5 Å². The Bertz CT molecular complexity index is 1590. The number of nitrogens with zero attached hydrogens (tertiary/aromatic N) is 4. The van der Waals surface area contributed by atoms with Gasteiger partial charge in [-0.25, -0.2) is 0 Å². The van der Waals surface area contributed by atoms with Gasteiger partial charge in [0.05, 0.1) is 23.1 Å². The molecule has 0 unspecified atom stereocenters. The van der Waals surface area contributed by atoms with E-state index < -0.39 is 35.6 Å². The maximum Gasteiger partial charge on any atom is 0.416 e. The number of methoxy groups -OCH3 is 1. The van der Waals surface area contributed by atoms with Crippen LogP contribution in [0, 0.1) is 0 Å². The SMILES string of the molecule is COc1cc(/C=C2/SC(N3CCN(CCc4ccccn4)CC3)=NC2=O)ccc1OCc1ccc(C(F)(F)F)cc1C(F)(F)F. The van der Waals surface area contributed by atoms with Gasteiger partial charge >= 0.3 is 12.4 Å². The van der Waals surface area contributed by atoms with Crippen molar-refractivity contribution in [3.05, 3.63) is 93.6 Å². The van der Waals surface area contributed by atoms with Gasteiger partial charge in [0.15, 0.2) is 16.7 Å². The highest BCUT2D eigenvalue weighted by molar-refractivity contribution is 8.18. The third kappa shape index (κ3) is 8.17. The minimum atomic E-state index is -5.01. The third-order valence-electron chi connectivity index (χ3n) is 7.27. The summed E-state index contributed by atoms with van der Waals surface area (Å²) in [5.74, 6) is -0.131. The number of carbonyl (C=O) groups excluding carboxylic acids is 1. The molecule has 0 radical (unpaired) electrons. The van der Waals surface area contributed by atoms with E-state index in [-0.39, 0.29) is 23.5 Å². The minimum absolute atomic E-state index is 0.0709. The van der Waals surface area contributed by atoms with E-state index >= 15 is 0 Å². The number of carbonyl (C=O) groups is 1. The number of thioether (sulfide) groups is 1. The number of alkyl halides is 6. The molecular formula is C31H28F6N4O3S. The van der Waals surface area contributed by atoms with Crippen molar-refractivity contribution in [2.45, 2.75) is 25.4 Å². The number of ether oxygens (including phenoxy) is 2. The smallest absolute Gasteiger partial charge is 0.416 e. The second kappa shape index (κ2) is 13.5. The first-order valence-electron chi connectivity index (χ1n) is 13.9. The molecule has 5 rings (SSSR count). The van der Waals surface area contributed by atoms with Gasteiger partial charge in [-0.3, -0.25) is 14.7 Å². The molecule has 1 saturated heterocycles. The predicted molar refractivity (Wildman–Crippen MR) is 158 cm³/mol. The Hall–Kier alpha value is -4.04. The average molecular weight is 651 g/mol. The molecule has 0 aliphatic carbocycles. The summed E-state index contributed by atoms with van der Waals surface area (Å²) in [5, 5.41) is 0.625. The highest BCUT2D eigenvalue weighted by Gasteiger charge is 2.38. The van der Waals surface area contributed by atoms with E-state index in [0.29, 0.717) is 21.7 Å². The number of aliphatic imine (C=N–C) groups is 1. The van der Waals surface area contributed by atoms with Crippen molar-refractivity contribution >= 4 is 28.9 Å². The standard InChI is InChI=1S/C31H28F6N4O3S/c1-43-26-16-20(5-8-25(26)44-19-21-6-7-22(30(32,33)34)18-24(21)31(35,36)37)17-27-28(42)39-29(45-27)41-14-12-40(13-15-41)11-9-23-4-2-3-10-38-23/h2-8,10,16-18H,9,11-15,19H2,1H3/b27-17+. The lowest BCUT2D eigenvalue weighted by Crippen LogP contribution is -2.48. The van der Waals surface area contributed by atoms with Crippen molar-refractivity contribution in [1.29, 1.82) is 0 Å². The van der Waals surface area contributed by atoms with Crippen LogP contribution in [-0.2, 0) is 30.2 Å². The molecule has 0 bridgehead atoms. The van der Waals surface area contributed by atoms with E-state index in [1.54, 1.807) is 24.4 Å². The highest BCUT2D eigenvalue weighted by atomic mass is 32.2. The molecule has 0 N–H and O–H groups in total. The lowest BCUT2D eigenvalue weighted by molar-refractivity contribution is -0.143. The monoisotopic (exact) mass is 650 g/mol. The molecule has 7 nitrogen and oxygen atoms in total. The van der Waals surface area contributed by atoms with Crippen LogP contribution in [0.1, 0.15) is 27.9 Å². The number of pyridine rings is 1. The molecule has 238 valence electrons.